The maximum atomic E-state index is 13.9. The number of aryl methyl sites for hydroxylation is 1. The fourth-order valence-corrected chi connectivity index (χ4v) is 4.76. The summed E-state index contributed by atoms with van der Waals surface area (Å²) in [4.78, 5) is 25.8. The smallest absolute Gasteiger partial charge is 0.411 e. The Balaban J connectivity index is 1.83. The predicted octanol–water partition coefficient (Wildman–Crippen LogP) is 4.86. The average Bonchev–Trinajstić information content (AvgIpc) is 3.07. The topological polar surface area (TPSA) is 76.7 Å². The number of rotatable bonds is 5. The van der Waals surface area contributed by atoms with Crippen LogP contribution in [0.3, 0.4) is 0 Å². The first-order chi connectivity index (χ1) is 16.3. The van der Waals surface area contributed by atoms with E-state index in [9.17, 15) is 18.4 Å². The van der Waals surface area contributed by atoms with Crippen LogP contribution in [0.15, 0.2) is 42.2 Å². The molecule has 1 spiro atoms. The molecule has 1 fully saturated rings. The number of alkyl carbamates (subject to hydrolysis) is 1. The fourth-order valence-electron chi connectivity index (χ4n) is 4.76. The highest BCUT2D eigenvalue weighted by Crippen LogP contribution is 2.44. The number of hydrogen-bond donors (Lipinski definition) is 2. The molecule has 2 aliphatic rings. The van der Waals surface area contributed by atoms with Crippen molar-refractivity contribution in [2.24, 2.45) is 0 Å². The maximum absolute atomic E-state index is 13.9. The lowest BCUT2D eigenvalue weighted by Gasteiger charge is -2.37. The van der Waals surface area contributed by atoms with E-state index < -0.39 is 23.3 Å². The molecule has 180 valence electrons. The van der Waals surface area contributed by atoms with Gasteiger partial charge in [0.15, 0.2) is 11.6 Å². The Bertz CT molecular complexity index is 1150. The van der Waals surface area contributed by atoms with Gasteiger partial charge in [-0.3, -0.25) is 4.79 Å². The van der Waals surface area contributed by atoms with Crippen LogP contribution in [0.4, 0.5) is 13.6 Å². The van der Waals surface area contributed by atoms with Gasteiger partial charge >= 0.3 is 6.09 Å². The van der Waals surface area contributed by atoms with Crippen LogP contribution in [0.2, 0.25) is 0 Å². The Hall–Kier alpha value is -3.26. The number of amides is 2. The summed E-state index contributed by atoms with van der Waals surface area (Å²) in [5.74, 6) is -1.92. The van der Waals surface area contributed by atoms with Gasteiger partial charge in [-0.25, -0.2) is 13.6 Å². The highest BCUT2D eigenvalue weighted by molar-refractivity contribution is 6.24. The van der Waals surface area contributed by atoms with Gasteiger partial charge < -0.3 is 20.1 Å². The van der Waals surface area contributed by atoms with Gasteiger partial charge in [-0.1, -0.05) is 18.2 Å². The fraction of sp³-hybridized carbons (Fsp3) is 0.385. The van der Waals surface area contributed by atoms with Crippen LogP contribution in [0.5, 0.6) is 0 Å². The number of methoxy groups -OCH3 is 1. The summed E-state index contributed by atoms with van der Waals surface area (Å²) < 4.78 is 38.6. The van der Waals surface area contributed by atoms with Gasteiger partial charge in [0.05, 0.1) is 17.2 Å². The van der Waals surface area contributed by atoms with E-state index in [4.69, 9.17) is 9.47 Å². The second-order valence-corrected chi connectivity index (χ2v) is 8.75. The molecule has 6 nitrogen and oxygen atoms in total. The van der Waals surface area contributed by atoms with Crippen LogP contribution in [0.25, 0.3) is 16.7 Å². The van der Waals surface area contributed by atoms with Crippen LogP contribution in [-0.4, -0.2) is 37.3 Å². The minimum Gasteiger partial charge on any atom is -0.411 e. The van der Waals surface area contributed by atoms with Crippen molar-refractivity contribution in [3.05, 3.63) is 64.9 Å². The number of benzene rings is 2. The van der Waals surface area contributed by atoms with Gasteiger partial charge in [-0.2, -0.15) is 0 Å². The van der Waals surface area contributed by atoms with Crippen molar-refractivity contribution in [2.45, 2.75) is 51.2 Å². The largest absolute Gasteiger partial charge is 0.412 e. The SMILES string of the molecule is CCNC(=O)OC1=C(c2cc(-c3ccc(F)c(F)c3)ccc2C)C(=O)NC12CCC(OC)CC2. The minimum absolute atomic E-state index is 0.0794. The number of ether oxygens (including phenoxy) is 2. The van der Waals surface area contributed by atoms with Crippen molar-refractivity contribution in [1.29, 1.82) is 0 Å². The first-order valence-electron chi connectivity index (χ1n) is 11.4. The summed E-state index contributed by atoms with van der Waals surface area (Å²) in [6, 6.07) is 9.00. The van der Waals surface area contributed by atoms with Crippen molar-refractivity contribution in [3.63, 3.8) is 0 Å². The lowest BCUT2D eigenvalue weighted by atomic mass is 9.79. The molecular formula is C26H28F2N2O4. The summed E-state index contributed by atoms with van der Waals surface area (Å²) in [5, 5.41) is 5.71. The van der Waals surface area contributed by atoms with E-state index in [-0.39, 0.29) is 17.6 Å². The Morgan fingerprint density at radius 1 is 1.12 bits per heavy atom. The first kappa shape index (κ1) is 23.9. The molecule has 0 atom stereocenters. The Morgan fingerprint density at radius 2 is 1.79 bits per heavy atom. The van der Waals surface area contributed by atoms with Crippen LogP contribution in [-0.2, 0) is 14.3 Å². The van der Waals surface area contributed by atoms with Crippen LogP contribution >= 0.6 is 0 Å². The summed E-state index contributed by atoms with van der Waals surface area (Å²) in [7, 11) is 1.66. The third-order valence-electron chi connectivity index (χ3n) is 6.64. The Morgan fingerprint density at radius 3 is 2.44 bits per heavy atom. The molecular weight excluding hydrogens is 442 g/mol. The quantitative estimate of drug-likeness (QED) is 0.655. The predicted molar refractivity (Wildman–Crippen MR) is 124 cm³/mol. The number of hydrogen-bond acceptors (Lipinski definition) is 4. The summed E-state index contributed by atoms with van der Waals surface area (Å²) in [5.41, 5.74) is 1.92. The van der Waals surface area contributed by atoms with Gasteiger partial charge in [0.25, 0.3) is 5.91 Å². The van der Waals surface area contributed by atoms with E-state index in [0.717, 1.165) is 17.7 Å². The van der Waals surface area contributed by atoms with Crippen LogP contribution < -0.4 is 10.6 Å². The van der Waals surface area contributed by atoms with Crippen molar-refractivity contribution in [2.75, 3.05) is 13.7 Å². The van der Waals surface area contributed by atoms with Crippen molar-refractivity contribution >= 4 is 17.6 Å². The summed E-state index contributed by atoms with van der Waals surface area (Å²) >= 11 is 0. The molecule has 4 rings (SSSR count). The summed E-state index contributed by atoms with van der Waals surface area (Å²) in [6.45, 7) is 4.01. The highest BCUT2D eigenvalue weighted by atomic mass is 19.2. The van der Waals surface area contributed by atoms with E-state index in [1.54, 1.807) is 26.2 Å². The summed E-state index contributed by atoms with van der Waals surface area (Å²) in [6.07, 6.45) is 2.00. The average molecular weight is 471 g/mol. The number of carbonyl (C=O) groups excluding carboxylic acids is 2. The van der Waals surface area contributed by atoms with E-state index in [1.807, 2.05) is 13.0 Å². The number of carbonyl (C=O) groups is 2. The Kier molecular flexibility index (Phi) is 6.70. The van der Waals surface area contributed by atoms with Crippen molar-refractivity contribution in [3.8, 4) is 11.1 Å². The monoisotopic (exact) mass is 470 g/mol. The Labute approximate surface area is 197 Å². The van der Waals surface area contributed by atoms with E-state index in [2.05, 4.69) is 10.6 Å². The molecule has 0 radical (unpaired) electrons. The molecule has 1 heterocycles. The minimum atomic E-state index is -0.952. The zero-order chi connectivity index (χ0) is 24.5. The molecule has 34 heavy (non-hydrogen) atoms. The third kappa shape index (κ3) is 4.42. The lowest BCUT2D eigenvalue weighted by molar-refractivity contribution is -0.116. The molecule has 1 aliphatic carbocycles. The maximum Gasteiger partial charge on any atom is 0.412 e. The standard InChI is InChI=1S/C26H28F2N2O4/c1-4-29-25(32)34-23-22(24(31)30-26(23)11-9-18(33-3)10-12-26)19-13-16(6-5-15(19)2)17-7-8-20(27)21(28)14-17/h5-8,13-14,18H,4,9-12H2,1-3H3,(H,29,32)(H,30,31). The molecule has 2 N–H and O–H groups in total. The van der Waals surface area contributed by atoms with E-state index in [0.29, 0.717) is 54.7 Å². The molecule has 0 bridgehead atoms. The molecule has 1 saturated carbocycles. The third-order valence-corrected chi connectivity index (χ3v) is 6.64. The number of nitrogens with one attached hydrogen (secondary N) is 2. The van der Waals surface area contributed by atoms with Gasteiger partial charge in [-0.05, 0) is 80.0 Å². The normalized spacial score (nSPS) is 22.1. The lowest BCUT2D eigenvalue weighted by Crippen LogP contribution is -2.49. The molecule has 2 aromatic carbocycles. The van der Waals surface area contributed by atoms with Crippen LogP contribution in [0, 0.1) is 18.6 Å². The van der Waals surface area contributed by atoms with Gasteiger partial charge in [0, 0.05) is 13.7 Å². The van der Waals surface area contributed by atoms with Crippen molar-refractivity contribution in [1.82, 2.24) is 10.6 Å². The van der Waals surface area contributed by atoms with Gasteiger partial charge in [0.1, 0.15) is 5.76 Å². The van der Waals surface area contributed by atoms with Gasteiger partial charge in [-0.15, -0.1) is 0 Å². The van der Waals surface area contributed by atoms with E-state index >= 15 is 0 Å². The zero-order valence-corrected chi connectivity index (χ0v) is 19.5. The van der Waals surface area contributed by atoms with Crippen molar-refractivity contribution < 1.29 is 27.8 Å². The van der Waals surface area contributed by atoms with Gasteiger partial charge in [0.2, 0.25) is 0 Å². The molecule has 0 aromatic heterocycles. The van der Waals surface area contributed by atoms with E-state index in [1.165, 1.54) is 6.07 Å². The molecule has 0 unspecified atom stereocenters. The zero-order valence-electron chi connectivity index (χ0n) is 19.5. The molecule has 8 heteroatoms. The second-order valence-electron chi connectivity index (χ2n) is 8.75. The molecule has 1 aliphatic heterocycles. The molecule has 2 aromatic rings. The first-order valence-corrected chi connectivity index (χ1v) is 11.4. The van der Waals surface area contributed by atoms with Crippen LogP contribution in [0.1, 0.15) is 43.7 Å². The highest BCUT2D eigenvalue weighted by Gasteiger charge is 2.50. The second kappa shape index (κ2) is 9.54. The molecule has 0 saturated heterocycles. The molecule has 2 amide bonds. The number of halogens is 2.